The predicted molar refractivity (Wildman–Crippen MR) is 55.9 cm³/mol. The van der Waals surface area contributed by atoms with Crippen molar-refractivity contribution in [1.82, 2.24) is 10.5 Å². The second-order valence-corrected chi connectivity index (χ2v) is 3.12. The van der Waals surface area contributed by atoms with Gasteiger partial charge in [-0.1, -0.05) is 36.9 Å². The lowest BCUT2D eigenvalue weighted by Crippen LogP contribution is -2.40. The summed E-state index contributed by atoms with van der Waals surface area (Å²) in [5.74, 6) is 6.89. The molecule has 72 valence electrons. The SMILES string of the molecule is C=C1N=C(Cc2ccccc2)NN1N. The molecule has 0 spiro atoms. The Morgan fingerprint density at radius 1 is 1.36 bits per heavy atom. The van der Waals surface area contributed by atoms with Gasteiger partial charge in [0.05, 0.1) is 0 Å². The number of hydrazine groups is 2. The molecule has 0 atom stereocenters. The van der Waals surface area contributed by atoms with E-state index in [1.807, 2.05) is 30.3 Å². The van der Waals surface area contributed by atoms with Gasteiger partial charge in [-0.3, -0.25) is 5.43 Å². The van der Waals surface area contributed by atoms with Gasteiger partial charge in [-0.2, -0.15) is 0 Å². The van der Waals surface area contributed by atoms with Crippen LogP contribution in [0.4, 0.5) is 0 Å². The number of hydrogen-bond acceptors (Lipinski definition) is 4. The van der Waals surface area contributed by atoms with Crippen LogP contribution in [0, 0.1) is 0 Å². The van der Waals surface area contributed by atoms with Crippen LogP contribution >= 0.6 is 0 Å². The Hall–Kier alpha value is -1.81. The van der Waals surface area contributed by atoms with E-state index in [1.54, 1.807) is 0 Å². The van der Waals surface area contributed by atoms with Crippen molar-refractivity contribution in [2.75, 3.05) is 0 Å². The molecule has 2 rings (SSSR count). The first-order valence-electron chi connectivity index (χ1n) is 4.37. The molecular formula is C10H12N4. The first-order valence-corrected chi connectivity index (χ1v) is 4.37. The van der Waals surface area contributed by atoms with E-state index in [0.29, 0.717) is 5.82 Å². The fourth-order valence-corrected chi connectivity index (χ4v) is 1.31. The average molecular weight is 188 g/mol. The van der Waals surface area contributed by atoms with E-state index < -0.39 is 0 Å². The quantitative estimate of drug-likeness (QED) is 0.675. The number of aliphatic imine (C=N–C) groups is 1. The highest BCUT2D eigenvalue weighted by Crippen LogP contribution is 2.07. The average Bonchev–Trinajstić information content (AvgIpc) is 2.47. The maximum absolute atomic E-state index is 5.53. The lowest BCUT2D eigenvalue weighted by Gasteiger charge is -2.10. The second-order valence-electron chi connectivity index (χ2n) is 3.12. The zero-order chi connectivity index (χ0) is 9.97. The monoisotopic (exact) mass is 188 g/mol. The Labute approximate surface area is 82.7 Å². The molecule has 0 saturated heterocycles. The molecule has 1 heterocycles. The van der Waals surface area contributed by atoms with E-state index in [0.717, 1.165) is 12.3 Å². The van der Waals surface area contributed by atoms with Crippen molar-refractivity contribution in [3.8, 4) is 0 Å². The van der Waals surface area contributed by atoms with Crippen LogP contribution in [-0.2, 0) is 6.42 Å². The van der Waals surface area contributed by atoms with Gasteiger partial charge in [-0.15, -0.1) is 0 Å². The van der Waals surface area contributed by atoms with Crippen LogP contribution in [0.15, 0.2) is 47.7 Å². The molecule has 0 fully saturated rings. The Morgan fingerprint density at radius 2 is 2.07 bits per heavy atom. The summed E-state index contributed by atoms with van der Waals surface area (Å²) in [4.78, 5) is 4.18. The Balaban J connectivity index is 2.07. The van der Waals surface area contributed by atoms with Crippen LogP contribution in [0.25, 0.3) is 0 Å². The van der Waals surface area contributed by atoms with E-state index in [2.05, 4.69) is 17.0 Å². The molecule has 0 saturated carbocycles. The van der Waals surface area contributed by atoms with Gasteiger partial charge in [-0.05, 0) is 5.56 Å². The Bertz CT molecular complexity index is 369. The third-order valence-electron chi connectivity index (χ3n) is 2.01. The molecule has 0 aromatic heterocycles. The predicted octanol–water partition coefficient (Wildman–Crippen LogP) is 0.793. The minimum atomic E-state index is 0.538. The van der Waals surface area contributed by atoms with Gasteiger partial charge < -0.3 is 0 Å². The smallest absolute Gasteiger partial charge is 0.158 e. The molecule has 1 aliphatic rings. The number of amidine groups is 1. The summed E-state index contributed by atoms with van der Waals surface area (Å²) < 4.78 is 0. The fraction of sp³-hybridized carbons (Fsp3) is 0.100. The van der Waals surface area contributed by atoms with E-state index in [4.69, 9.17) is 5.84 Å². The number of benzene rings is 1. The molecule has 0 radical (unpaired) electrons. The van der Waals surface area contributed by atoms with Gasteiger partial charge in [0.15, 0.2) is 5.82 Å². The maximum Gasteiger partial charge on any atom is 0.158 e. The van der Waals surface area contributed by atoms with Gasteiger partial charge >= 0.3 is 0 Å². The molecule has 1 aliphatic heterocycles. The second kappa shape index (κ2) is 3.51. The fourth-order valence-electron chi connectivity index (χ4n) is 1.31. The molecule has 1 aromatic carbocycles. The summed E-state index contributed by atoms with van der Waals surface area (Å²) in [7, 11) is 0. The number of nitrogens with two attached hydrogens (primary N) is 1. The lowest BCUT2D eigenvalue weighted by molar-refractivity contribution is 0.334. The minimum absolute atomic E-state index is 0.538. The normalized spacial score (nSPS) is 15.4. The maximum atomic E-state index is 5.53. The summed E-state index contributed by atoms with van der Waals surface area (Å²) in [6.45, 7) is 3.68. The Morgan fingerprint density at radius 3 is 2.64 bits per heavy atom. The van der Waals surface area contributed by atoms with E-state index in [-0.39, 0.29) is 0 Å². The van der Waals surface area contributed by atoms with E-state index >= 15 is 0 Å². The van der Waals surface area contributed by atoms with Crippen molar-refractivity contribution in [2.45, 2.75) is 6.42 Å². The van der Waals surface area contributed by atoms with Crippen molar-refractivity contribution < 1.29 is 0 Å². The van der Waals surface area contributed by atoms with E-state index in [1.165, 1.54) is 10.7 Å². The molecule has 0 unspecified atom stereocenters. The van der Waals surface area contributed by atoms with Gasteiger partial charge in [-0.25, -0.2) is 16.0 Å². The van der Waals surface area contributed by atoms with Crippen LogP contribution in [0.1, 0.15) is 5.56 Å². The molecule has 0 amide bonds. The molecule has 4 nitrogen and oxygen atoms in total. The van der Waals surface area contributed by atoms with Crippen molar-refractivity contribution in [3.63, 3.8) is 0 Å². The summed E-state index contributed by atoms with van der Waals surface area (Å²) >= 11 is 0. The molecule has 4 heteroatoms. The Kier molecular flexibility index (Phi) is 2.20. The highest BCUT2D eigenvalue weighted by Gasteiger charge is 2.13. The van der Waals surface area contributed by atoms with Crippen molar-refractivity contribution in [3.05, 3.63) is 48.3 Å². The third-order valence-corrected chi connectivity index (χ3v) is 2.01. The number of nitrogens with zero attached hydrogens (tertiary/aromatic N) is 2. The van der Waals surface area contributed by atoms with Crippen LogP contribution in [0.5, 0.6) is 0 Å². The lowest BCUT2D eigenvalue weighted by atomic mass is 10.1. The van der Waals surface area contributed by atoms with Crippen molar-refractivity contribution in [2.24, 2.45) is 10.8 Å². The standard InChI is InChI=1S/C10H12N4/c1-8-12-10(13-14(8)11)7-9-5-3-2-4-6-9/h2-6H,1,7,11H2,(H,12,13). The third kappa shape index (κ3) is 1.75. The van der Waals surface area contributed by atoms with Gasteiger partial charge in [0, 0.05) is 6.42 Å². The molecule has 1 aromatic rings. The largest absolute Gasteiger partial charge is 0.269 e. The first-order chi connectivity index (χ1) is 6.75. The first kappa shape index (κ1) is 8.77. The van der Waals surface area contributed by atoms with Gasteiger partial charge in [0.2, 0.25) is 0 Å². The molecule has 14 heavy (non-hydrogen) atoms. The molecule has 3 N–H and O–H groups in total. The number of nitrogens with one attached hydrogen (secondary N) is 1. The van der Waals surface area contributed by atoms with Crippen molar-refractivity contribution in [1.29, 1.82) is 0 Å². The molecule has 0 bridgehead atoms. The molecule has 0 aliphatic carbocycles. The van der Waals surface area contributed by atoms with E-state index in [9.17, 15) is 0 Å². The van der Waals surface area contributed by atoms with Crippen molar-refractivity contribution >= 4 is 5.84 Å². The zero-order valence-corrected chi connectivity index (χ0v) is 7.77. The van der Waals surface area contributed by atoms with Crippen LogP contribution in [0.3, 0.4) is 0 Å². The summed E-state index contributed by atoms with van der Waals surface area (Å²) in [5, 5.41) is 1.32. The highest BCUT2D eigenvalue weighted by atomic mass is 15.7. The molecular weight excluding hydrogens is 176 g/mol. The van der Waals surface area contributed by atoms with Gasteiger partial charge in [0.25, 0.3) is 0 Å². The number of hydrogen-bond donors (Lipinski definition) is 2. The van der Waals surface area contributed by atoms with Crippen LogP contribution < -0.4 is 11.3 Å². The van der Waals surface area contributed by atoms with Crippen LogP contribution in [-0.4, -0.2) is 11.0 Å². The zero-order valence-electron chi connectivity index (χ0n) is 7.77. The van der Waals surface area contributed by atoms with Gasteiger partial charge in [0.1, 0.15) is 5.84 Å². The number of rotatable bonds is 2. The highest BCUT2D eigenvalue weighted by molar-refractivity contribution is 5.86. The summed E-state index contributed by atoms with van der Waals surface area (Å²) in [6.07, 6.45) is 0.744. The summed E-state index contributed by atoms with van der Waals surface area (Å²) in [5.41, 5.74) is 4.11. The summed E-state index contributed by atoms with van der Waals surface area (Å²) in [6, 6.07) is 10.1. The van der Waals surface area contributed by atoms with Crippen LogP contribution in [0.2, 0.25) is 0 Å². The topological polar surface area (TPSA) is 53.7 Å². The minimum Gasteiger partial charge on any atom is -0.269 e.